The maximum atomic E-state index is 10.7. The third kappa shape index (κ3) is 1.75. The summed E-state index contributed by atoms with van der Waals surface area (Å²) in [5.41, 5.74) is 1.09. The average molecular weight is 250 g/mol. The summed E-state index contributed by atoms with van der Waals surface area (Å²) in [6.07, 6.45) is 0. The number of methoxy groups -OCH3 is 1. The second-order valence-electron chi connectivity index (χ2n) is 3.58. The number of nitrogens with zero attached hydrogens (tertiary/aromatic N) is 2. The van der Waals surface area contributed by atoms with Crippen LogP contribution in [-0.2, 0) is 0 Å². The number of nitro groups is 1. The summed E-state index contributed by atoms with van der Waals surface area (Å²) in [5.74, 6) is 0.0822. The summed E-state index contributed by atoms with van der Waals surface area (Å²) in [7, 11) is 1.46. The van der Waals surface area contributed by atoms with Crippen LogP contribution in [0.2, 0.25) is 0 Å². The molecule has 1 aromatic carbocycles. The standard InChI is InChI=1S/C11H10N2O5/c1-6(12-14)11-7-5-10(13(15)16)18-8(7)3-4-9(11)17-2/h3-5,14H,1-2H3. The Hall–Kier alpha value is -2.57. The zero-order valence-corrected chi connectivity index (χ0v) is 9.71. The van der Waals surface area contributed by atoms with Gasteiger partial charge in [0.15, 0.2) is 0 Å². The second kappa shape index (κ2) is 4.36. The monoisotopic (exact) mass is 250 g/mol. The van der Waals surface area contributed by atoms with Crippen LogP contribution in [0.3, 0.4) is 0 Å². The number of rotatable bonds is 3. The van der Waals surface area contributed by atoms with Gasteiger partial charge in [-0.05, 0) is 19.1 Å². The Labute approximate surface area is 101 Å². The van der Waals surface area contributed by atoms with Gasteiger partial charge in [0.05, 0.1) is 24.5 Å². The summed E-state index contributed by atoms with van der Waals surface area (Å²) in [5, 5.41) is 23.1. The third-order valence-corrected chi connectivity index (χ3v) is 2.56. The molecular formula is C11H10N2O5. The fourth-order valence-electron chi connectivity index (χ4n) is 1.76. The molecule has 0 saturated carbocycles. The topological polar surface area (TPSA) is 98.1 Å². The summed E-state index contributed by atoms with van der Waals surface area (Å²) in [4.78, 5) is 10.1. The van der Waals surface area contributed by atoms with E-state index in [0.717, 1.165) is 0 Å². The van der Waals surface area contributed by atoms with Gasteiger partial charge >= 0.3 is 5.88 Å². The Morgan fingerprint density at radius 3 is 2.83 bits per heavy atom. The number of hydrogen-bond donors (Lipinski definition) is 1. The van der Waals surface area contributed by atoms with Crippen LogP contribution in [-0.4, -0.2) is 23.0 Å². The van der Waals surface area contributed by atoms with Crippen LogP contribution in [0.5, 0.6) is 5.75 Å². The Kier molecular flexibility index (Phi) is 2.88. The minimum atomic E-state index is -0.623. The van der Waals surface area contributed by atoms with Crippen molar-refractivity contribution in [1.29, 1.82) is 0 Å². The molecule has 1 aromatic heterocycles. The highest BCUT2D eigenvalue weighted by molar-refractivity contribution is 6.11. The minimum Gasteiger partial charge on any atom is -0.496 e. The highest BCUT2D eigenvalue weighted by atomic mass is 16.6. The molecule has 7 nitrogen and oxygen atoms in total. The molecule has 7 heteroatoms. The van der Waals surface area contributed by atoms with E-state index in [9.17, 15) is 10.1 Å². The zero-order valence-electron chi connectivity index (χ0n) is 9.71. The van der Waals surface area contributed by atoms with Crippen LogP contribution in [0, 0.1) is 10.1 Å². The van der Waals surface area contributed by atoms with Crippen molar-refractivity contribution in [2.24, 2.45) is 5.16 Å². The number of ether oxygens (including phenoxy) is 1. The van der Waals surface area contributed by atoms with Crippen molar-refractivity contribution >= 4 is 22.6 Å². The molecule has 0 radical (unpaired) electrons. The predicted molar refractivity (Wildman–Crippen MR) is 63.4 cm³/mol. The van der Waals surface area contributed by atoms with Gasteiger partial charge in [-0.2, -0.15) is 0 Å². The number of fused-ring (bicyclic) bond motifs is 1. The zero-order chi connectivity index (χ0) is 13.3. The number of benzene rings is 1. The number of oxime groups is 1. The Bertz CT molecular complexity index is 644. The van der Waals surface area contributed by atoms with Crippen molar-refractivity contribution < 1.29 is 19.3 Å². The normalized spacial score (nSPS) is 11.8. The fraction of sp³-hybridized carbons (Fsp3) is 0.182. The van der Waals surface area contributed by atoms with Crippen molar-refractivity contribution in [3.8, 4) is 5.75 Å². The lowest BCUT2D eigenvalue weighted by atomic mass is 10.1. The molecule has 2 aromatic rings. The molecule has 18 heavy (non-hydrogen) atoms. The summed E-state index contributed by atoms with van der Waals surface area (Å²) < 4.78 is 10.2. The van der Waals surface area contributed by atoms with E-state index in [4.69, 9.17) is 14.4 Å². The van der Waals surface area contributed by atoms with Crippen molar-refractivity contribution in [1.82, 2.24) is 0 Å². The van der Waals surface area contributed by atoms with Crippen LogP contribution in [0.15, 0.2) is 27.8 Å². The third-order valence-electron chi connectivity index (χ3n) is 2.56. The minimum absolute atomic E-state index is 0.285. The van der Waals surface area contributed by atoms with Crippen LogP contribution >= 0.6 is 0 Å². The molecule has 0 spiro atoms. The Morgan fingerprint density at radius 2 is 2.28 bits per heavy atom. The first-order valence-corrected chi connectivity index (χ1v) is 5.02. The first-order chi connectivity index (χ1) is 8.58. The second-order valence-corrected chi connectivity index (χ2v) is 3.58. The lowest BCUT2D eigenvalue weighted by molar-refractivity contribution is -0.401. The molecule has 0 unspecified atom stereocenters. The molecule has 0 aliphatic carbocycles. The van der Waals surface area contributed by atoms with Gasteiger partial charge < -0.3 is 14.4 Å². The first-order valence-electron chi connectivity index (χ1n) is 5.02. The molecule has 1 heterocycles. The maximum Gasteiger partial charge on any atom is 0.434 e. The lowest BCUT2D eigenvalue weighted by Crippen LogP contribution is -1.99. The highest BCUT2D eigenvalue weighted by Gasteiger charge is 2.20. The molecule has 2 rings (SSSR count). The van der Waals surface area contributed by atoms with Gasteiger partial charge in [0.2, 0.25) is 0 Å². The highest BCUT2D eigenvalue weighted by Crippen LogP contribution is 2.33. The lowest BCUT2D eigenvalue weighted by Gasteiger charge is -2.07. The molecule has 0 amide bonds. The van der Waals surface area contributed by atoms with Gasteiger partial charge in [-0.15, -0.1) is 0 Å². The van der Waals surface area contributed by atoms with E-state index in [2.05, 4.69) is 5.16 Å². The number of hydrogen-bond acceptors (Lipinski definition) is 6. The van der Waals surface area contributed by atoms with E-state index in [1.165, 1.54) is 13.2 Å². The van der Waals surface area contributed by atoms with E-state index in [1.807, 2.05) is 0 Å². The van der Waals surface area contributed by atoms with Crippen molar-refractivity contribution in [3.05, 3.63) is 33.9 Å². The van der Waals surface area contributed by atoms with Crippen LogP contribution in [0.25, 0.3) is 11.0 Å². The molecular weight excluding hydrogens is 240 g/mol. The van der Waals surface area contributed by atoms with E-state index in [1.54, 1.807) is 19.1 Å². The van der Waals surface area contributed by atoms with Gasteiger partial charge in [0.25, 0.3) is 0 Å². The SMILES string of the molecule is COc1ccc2oc([N+](=O)[O-])cc2c1C(C)=NO. The van der Waals surface area contributed by atoms with Crippen molar-refractivity contribution in [2.75, 3.05) is 7.11 Å². The quantitative estimate of drug-likeness (QED) is 0.390. The number of furan rings is 1. The first kappa shape index (κ1) is 11.9. The molecule has 0 atom stereocenters. The Morgan fingerprint density at radius 1 is 1.56 bits per heavy atom. The largest absolute Gasteiger partial charge is 0.496 e. The predicted octanol–water partition coefficient (Wildman–Crippen LogP) is 2.55. The molecule has 0 fully saturated rings. The smallest absolute Gasteiger partial charge is 0.434 e. The van der Waals surface area contributed by atoms with E-state index in [-0.39, 0.29) is 11.6 Å². The molecule has 0 bridgehead atoms. The van der Waals surface area contributed by atoms with Gasteiger partial charge in [-0.3, -0.25) is 10.1 Å². The molecule has 1 N–H and O–H groups in total. The van der Waals surface area contributed by atoms with Crippen molar-refractivity contribution in [3.63, 3.8) is 0 Å². The average Bonchev–Trinajstić information content (AvgIpc) is 2.80. The van der Waals surface area contributed by atoms with Gasteiger partial charge in [0, 0.05) is 5.39 Å². The molecule has 0 aliphatic heterocycles. The van der Waals surface area contributed by atoms with Crippen LogP contribution < -0.4 is 4.74 Å². The molecule has 0 saturated heterocycles. The van der Waals surface area contributed by atoms with Crippen molar-refractivity contribution in [2.45, 2.75) is 6.92 Å². The summed E-state index contributed by atoms with van der Waals surface area (Å²) >= 11 is 0. The molecule has 94 valence electrons. The summed E-state index contributed by atoms with van der Waals surface area (Å²) in [6.45, 7) is 1.57. The van der Waals surface area contributed by atoms with E-state index in [0.29, 0.717) is 22.3 Å². The molecule has 0 aliphatic rings. The summed E-state index contributed by atoms with van der Waals surface area (Å²) in [6, 6.07) is 4.44. The van der Waals surface area contributed by atoms with Crippen LogP contribution in [0.1, 0.15) is 12.5 Å². The van der Waals surface area contributed by atoms with E-state index >= 15 is 0 Å². The van der Waals surface area contributed by atoms with Crippen LogP contribution in [0.4, 0.5) is 5.88 Å². The van der Waals surface area contributed by atoms with Gasteiger partial charge in [0.1, 0.15) is 16.3 Å². The maximum absolute atomic E-state index is 10.7. The fourth-order valence-corrected chi connectivity index (χ4v) is 1.76. The Balaban J connectivity index is 2.80. The van der Waals surface area contributed by atoms with Gasteiger partial charge in [-0.25, -0.2) is 0 Å². The van der Waals surface area contributed by atoms with E-state index < -0.39 is 4.92 Å². The van der Waals surface area contributed by atoms with Gasteiger partial charge in [-0.1, -0.05) is 5.16 Å².